The largest absolute Gasteiger partial charge is 0.311 e. The smallest absolute Gasteiger partial charge is 0.0931 e. The van der Waals surface area contributed by atoms with Crippen molar-refractivity contribution in [2.45, 2.75) is 45.6 Å². The Labute approximate surface area is 132 Å². The van der Waals surface area contributed by atoms with Crippen molar-refractivity contribution in [3.8, 4) is 0 Å². The number of halogens is 1. The third kappa shape index (κ3) is 5.72. The fraction of sp³-hybridized carbons (Fsp3) is 0.750. The van der Waals surface area contributed by atoms with Crippen LogP contribution in [0, 0.1) is 5.92 Å². The Morgan fingerprint density at radius 2 is 2.25 bits per heavy atom. The van der Waals surface area contributed by atoms with Crippen molar-refractivity contribution in [2.75, 3.05) is 26.2 Å². The van der Waals surface area contributed by atoms with Crippen LogP contribution in [-0.4, -0.2) is 31.1 Å². The number of hydrogen-bond acceptors (Lipinski definition) is 3. The summed E-state index contributed by atoms with van der Waals surface area (Å²) in [6.07, 6.45) is 6.98. The lowest BCUT2D eigenvalue weighted by Gasteiger charge is -2.20. The standard InChI is InChI=1S/C16H27ClN2S/c1-2-4-14-5-3-10-19(11-8-14)12-9-18-13-15-6-7-16(17)20-15/h6-7,14,18H,2-5,8-13H2,1H3. The van der Waals surface area contributed by atoms with E-state index < -0.39 is 0 Å². The molecule has 1 aromatic rings. The molecule has 114 valence electrons. The van der Waals surface area contributed by atoms with Crippen LogP contribution in [-0.2, 0) is 6.54 Å². The molecule has 1 aliphatic rings. The third-order valence-electron chi connectivity index (χ3n) is 4.17. The Hall–Kier alpha value is -0.0900. The third-order valence-corrected chi connectivity index (χ3v) is 5.40. The highest BCUT2D eigenvalue weighted by molar-refractivity contribution is 7.16. The summed E-state index contributed by atoms with van der Waals surface area (Å²) in [5.41, 5.74) is 0. The SMILES string of the molecule is CCCC1CCCN(CCNCc2ccc(Cl)s2)CC1. The van der Waals surface area contributed by atoms with Crippen LogP contribution < -0.4 is 5.32 Å². The molecule has 0 amide bonds. The molecule has 0 spiro atoms. The Kier molecular flexibility index (Phi) is 7.36. The molecule has 1 fully saturated rings. The quantitative estimate of drug-likeness (QED) is 0.751. The molecule has 2 nitrogen and oxygen atoms in total. The van der Waals surface area contributed by atoms with Crippen LogP contribution in [0.2, 0.25) is 4.34 Å². The molecule has 1 saturated heterocycles. The molecule has 1 aliphatic heterocycles. The van der Waals surface area contributed by atoms with E-state index in [0.29, 0.717) is 0 Å². The van der Waals surface area contributed by atoms with Gasteiger partial charge >= 0.3 is 0 Å². The highest BCUT2D eigenvalue weighted by atomic mass is 35.5. The summed E-state index contributed by atoms with van der Waals surface area (Å²) in [5, 5.41) is 3.53. The molecular formula is C16H27ClN2S. The fourth-order valence-electron chi connectivity index (χ4n) is 3.04. The van der Waals surface area contributed by atoms with Crippen LogP contribution in [0.5, 0.6) is 0 Å². The van der Waals surface area contributed by atoms with Gasteiger partial charge in [0, 0.05) is 24.5 Å². The fourth-order valence-corrected chi connectivity index (χ4v) is 4.10. The minimum absolute atomic E-state index is 0.885. The van der Waals surface area contributed by atoms with Crippen molar-refractivity contribution >= 4 is 22.9 Å². The van der Waals surface area contributed by atoms with E-state index in [0.717, 1.165) is 23.3 Å². The minimum Gasteiger partial charge on any atom is -0.311 e. The summed E-state index contributed by atoms with van der Waals surface area (Å²) in [6, 6.07) is 4.09. The first-order chi connectivity index (χ1) is 9.78. The second kappa shape index (κ2) is 9.04. The first-order valence-electron chi connectivity index (χ1n) is 7.95. The molecule has 0 bridgehead atoms. The normalized spacial score (nSPS) is 21.0. The summed E-state index contributed by atoms with van der Waals surface area (Å²) in [4.78, 5) is 3.96. The van der Waals surface area contributed by atoms with Crippen molar-refractivity contribution < 1.29 is 0 Å². The molecule has 0 aliphatic carbocycles. The summed E-state index contributed by atoms with van der Waals surface area (Å²) >= 11 is 7.61. The second-order valence-electron chi connectivity index (χ2n) is 5.81. The predicted octanol–water partition coefficient (Wildman–Crippen LogP) is 4.39. The summed E-state index contributed by atoms with van der Waals surface area (Å²) in [5.74, 6) is 0.978. The van der Waals surface area contributed by atoms with Crippen molar-refractivity contribution in [2.24, 2.45) is 5.92 Å². The van der Waals surface area contributed by atoms with Gasteiger partial charge in [-0.1, -0.05) is 31.4 Å². The molecular weight excluding hydrogens is 288 g/mol. The van der Waals surface area contributed by atoms with Crippen LogP contribution >= 0.6 is 22.9 Å². The topological polar surface area (TPSA) is 15.3 Å². The number of hydrogen-bond donors (Lipinski definition) is 1. The maximum absolute atomic E-state index is 5.93. The van der Waals surface area contributed by atoms with E-state index >= 15 is 0 Å². The summed E-state index contributed by atoms with van der Waals surface area (Å²) in [6.45, 7) is 8.09. The lowest BCUT2D eigenvalue weighted by Crippen LogP contribution is -2.32. The van der Waals surface area contributed by atoms with Crippen LogP contribution in [0.3, 0.4) is 0 Å². The van der Waals surface area contributed by atoms with Crippen molar-refractivity contribution in [3.63, 3.8) is 0 Å². The number of rotatable bonds is 7. The van der Waals surface area contributed by atoms with Gasteiger partial charge in [0.1, 0.15) is 0 Å². The zero-order valence-corrected chi connectivity index (χ0v) is 14.1. The van der Waals surface area contributed by atoms with Gasteiger partial charge < -0.3 is 10.2 Å². The molecule has 20 heavy (non-hydrogen) atoms. The lowest BCUT2D eigenvalue weighted by molar-refractivity contribution is 0.278. The minimum atomic E-state index is 0.885. The van der Waals surface area contributed by atoms with Gasteiger partial charge in [-0.2, -0.15) is 0 Å². The van der Waals surface area contributed by atoms with E-state index in [9.17, 15) is 0 Å². The Balaban J connectivity index is 1.59. The van der Waals surface area contributed by atoms with E-state index in [1.54, 1.807) is 11.3 Å². The molecule has 2 rings (SSSR count). The van der Waals surface area contributed by atoms with Gasteiger partial charge in [-0.15, -0.1) is 11.3 Å². The first kappa shape index (κ1) is 16.3. The Morgan fingerprint density at radius 3 is 3.00 bits per heavy atom. The second-order valence-corrected chi connectivity index (χ2v) is 7.61. The van der Waals surface area contributed by atoms with Crippen molar-refractivity contribution in [3.05, 3.63) is 21.3 Å². The van der Waals surface area contributed by atoms with E-state index in [1.165, 1.54) is 56.6 Å². The van der Waals surface area contributed by atoms with Crippen LogP contribution in [0.15, 0.2) is 12.1 Å². The van der Waals surface area contributed by atoms with Gasteiger partial charge in [0.25, 0.3) is 0 Å². The summed E-state index contributed by atoms with van der Waals surface area (Å²) in [7, 11) is 0. The predicted molar refractivity (Wildman–Crippen MR) is 89.7 cm³/mol. The molecule has 0 radical (unpaired) electrons. The van der Waals surface area contributed by atoms with E-state index in [4.69, 9.17) is 11.6 Å². The maximum Gasteiger partial charge on any atom is 0.0931 e. The highest BCUT2D eigenvalue weighted by Gasteiger charge is 2.15. The maximum atomic E-state index is 5.93. The van der Waals surface area contributed by atoms with Crippen LogP contribution in [0.4, 0.5) is 0 Å². The van der Waals surface area contributed by atoms with E-state index in [2.05, 4.69) is 23.2 Å². The molecule has 2 heterocycles. The average molecular weight is 315 g/mol. The zero-order valence-electron chi connectivity index (χ0n) is 12.5. The molecule has 1 N–H and O–H groups in total. The van der Waals surface area contributed by atoms with E-state index in [-0.39, 0.29) is 0 Å². The monoisotopic (exact) mass is 314 g/mol. The first-order valence-corrected chi connectivity index (χ1v) is 9.14. The lowest BCUT2D eigenvalue weighted by atomic mass is 9.96. The van der Waals surface area contributed by atoms with Crippen LogP contribution in [0.1, 0.15) is 43.9 Å². The average Bonchev–Trinajstić information content (AvgIpc) is 2.72. The molecule has 1 unspecified atom stereocenters. The van der Waals surface area contributed by atoms with E-state index in [1.807, 2.05) is 6.07 Å². The number of nitrogens with zero attached hydrogens (tertiary/aromatic N) is 1. The van der Waals surface area contributed by atoms with Crippen molar-refractivity contribution in [1.29, 1.82) is 0 Å². The van der Waals surface area contributed by atoms with Gasteiger partial charge in [-0.05, 0) is 50.4 Å². The number of nitrogens with one attached hydrogen (secondary N) is 1. The Bertz CT molecular complexity index is 380. The highest BCUT2D eigenvalue weighted by Crippen LogP contribution is 2.22. The van der Waals surface area contributed by atoms with Gasteiger partial charge in [-0.25, -0.2) is 0 Å². The Morgan fingerprint density at radius 1 is 1.35 bits per heavy atom. The molecule has 0 aromatic carbocycles. The number of thiophene rings is 1. The number of likely N-dealkylation sites (tertiary alicyclic amines) is 1. The molecule has 0 saturated carbocycles. The summed E-state index contributed by atoms with van der Waals surface area (Å²) < 4.78 is 0.885. The zero-order chi connectivity index (χ0) is 14.2. The molecule has 1 aromatic heterocycles. The molecule has 1 atom stereocenters. The molecule has 4 heteroatoms. The van der Waals surface area contributed by atoms with Gasteiger partial charge in [0.15, 0.2) is 0 Å². The van der Waals surface area contributed by atoms with Gasteiger partial charge in [-0.3, -0.25) is 0 Å². The van der Waals surface area contributed by atoms with Gasteiger partial charge in [0.2, 0.25) is 0 Å². The van der Waals surface area contributed by atoms with Gasteiger partial charge in [0.05, 0.1) is 4.34 Å². The van der Waals surface area contributed by atoms with Crippen LogP contribution in [0.25, 0.3) is 0 Å². The van der Waals surface area contributed by atoms with Crippen molar-refractivity contribution in [1.82, 2.24) is 10.2 Å².